The van der Waals surface area contributed by atoms with E-state index in [4.69, 9.17) is 10.5 Å². The number of hydrogen-bond acceptors (Lipinski definition) is 4. The Morgan fingerprint density at radius 2 is 2.19 bits per heavy atom. The van der Waals surface area contributed by atoms with Gasteiger partial charge in [0.05, 0.1) is 19.4 Å². The Morgan fingerprint density at radius 1 is 1.44 bits per heavy atom. The molecule has 0 radical (unpaired) electrons. The molecule has 0 spiro atoms. The summed E-state index contributed by atoms with van der Waals surface area (Å²) in [6, 6.07) is 5.54. The number of rotatable bonds is 5. The van der Waals surface area contributed by atoms with Crippen molar-refractivity contribution in [2.24, 2.45) is 0 Å². The van der Waals surface area contributed by atoms with Crippen LogP contribution in [0.1, 0.15) is 18.9 Å². The average Bonchev–Trinajstić information content (AvgIpc) is 2.30. The van der Waals surface area contributed by atoms with Gasteiger partial charge in [0.1, 0.15) is 5.75 Å². The summed E-state index contributed by atoms with van der Waals surface area (Å²) in [5, 5.41) is 0. The molecule has 4 nitrogen and oxygen atoms in total. The molecule has 0 fully saturated rings. The van der Waals surface area contributed by atoms with Crippen molar-refractivity contribution < 1.29 is 14.3 Å². The second-order valence-corrected chi connectivity index (χ2v) is 3.38. The molecule has 1 rings (SSSR count). The molecule has 0 aliphatic carbocycles. The highest BCUT2D eigenvalue weighted by molar-refractivity contribution is 5.69. The predicted molar refractivity (Wildman–Crippen MR) is 62.4 cm³/mol. The van der Waals surface area contributed by atoms with Gasteiger partial charge in [-0.05, 0) is 31.0 Å². The Kier molecular flexibility index (Phi) is 4.64. The van der Waals surface area contributed by atoms with Gasteiger partial charge < -0.3 is 15.2 Å². The summed E-state index contributed by atoms with van der Waals surface area (Å²) < 4.78 is 9.95. The summed E-state index contributed by atoms with van der Waals surface area (Å²) in [4.78, 5) is 11.0. The zero-order valence-corrected chi connectivity index (χ0v) is 9.66. The van der Waals surface area contributed by atoms with Gasteiger partial charge in [-0.1, -0.05) is 6.07 Å². The first kappa shape index (κ1) is 12.4. The molecule has 2 N–H and O–H groups in total. The summed E-state index contributed by atoms with van der Waals surface area (Å²) in [6.07, 6.45) is 0.999. The van der Waals surface area contributed by atoms with Crippen molar-refractivity contribution >= 4 is 11.7 Å². The molecule has 0 heterocycles. The Hall–Kier alpha value is -1.71. The van der Waals surface area contributed by atoms with E-state index in [1.807, 2.05) is 19.1 Å². The topological polar surface area (TPSA) is 61.5 Å². The van der Waals surface area contributed by atoms with Crippen molar-refractivity contribution in [3.63, 3.8) is 0 Å². The highest BCUT2D eigenvalue weighted by atomic mass is 16.5. The smallest absolute Gasteiger partial charge is 0.305 e. The number of esters is 1. The van der Waals surface area contributed by atoms with Gasteiger partial charge >= 0.3 is 5.97 Å². The number of benzene rings is 1. The van der Waals surface area contributed by atoms with E-state index in [1.165, 1.54) is 7.11 Å². The molecule has 0 saturated carbocycles. The number of hydrogen-bond donors (Lipinski definition) is 1. The zero-order chi connectivity index (χ0) is 12.0. The number of aryl methyl sites for hydroxylation is 1. The molecule has 16 heavy (non-hydrogen) atoms. The van der Waals surface area contributed by atoms with Crippen LogP contribution in [-0.2, 0) is 16.0 Å². The van der Waals surface area contributed by atoms with Crippen LogP contribution in [0, 0.1) is 0 Å². The Morgan fingerprint density at radius 3 is 2.81 bits per heavy atom. The maximum Gasteiger partial charge on any atom is 0.305 e. The van der Waals surface area contributed by atoms with E-state index in [0.717, 1.165) is 5.56 Å². The summed E-state index contributed by atoms with van der Waals surface area (Å²) in [5.41, 5.74) is 7.37. The van der Waals surface area contributed by atoms with Crippen LogP contribution in [0.2, 0.25) is 0 Å². The van der Waals surface area contributed by atoms with Gasteiger partial charge in [-0.15, -0.1) is 0 Å². The molecule has 0 unspecified atom stereocenters. The van der Waals surface area contributed by atoms with Crippen LogP contribution >= 0.6 is 0 Å². The largest absolute Gasteiger partial charge is 0.492 e. The van der Waals surface area contributed by atoms with Crippen LogP contribution in [0.25, 0.3) is 0 Å². The van der Waals surface area contributed by atoms with Crippen LogP contribution in [-0.4, -0.2) is 19.7 Å². The first-order valence-corrected chi connectivity index (χ1v) is 5.25. The third-order valence-corrected chi connectivity index (χ3v) is 2.22. The normalized spacial score (nSPS) is 9.88. The fourth-order valence-corrected chi connectivity index (χ4v) is 1.36. The predicted octanol–water partition coefficient (Wildman–Crippen LogP) is 1.77. The van der Waals surface area contributed by atoms with Gasteiger partial charge in [-0.25, -0.2) is 0 Å². The first-order valence-electron chi connectivity index (χ1n) is 5.25. The van der Waals surface area contributed by atoms with Crippen LogP contribution in [0.5, 0.6) is 5.75 Å². The van der Waals surface area contributed by atoms with E-state index in [1.54, 1.807) is 6.07 Å². The van der Waals surface area contributed by atoms with Crippen molar-refractivity contribution in [1.29, 1.82) is 0 Å². The van der Waals surface area contributed by atoms with E-state index in [0.29, 0.717) is 30.9 Å². The molecule has 0 atom stereocenters. The van der Waals surface area contributed by atoms with Crippen molar-refractivity contribution in [2.45, 2.75) is 19.8 Å². The van der Waals surface area contributed by atoms with Crippen molar-refractivity contribution in [3.8, 4) is 5.75 Å². The molecule has 0 aliphatic rings. The Balaban J connectivity index is 2.67. The molecule has 88 valence electrons. The van der Waals surface area contributed by atoms with Crippen LogP contribution in [0.3, 0.4) is 0 Å². The minimum Gasteiger partial charge on any atom is -0.492 e. The summed E-state index contributed by atoms with van der Waals surface area (Å²) in [7, 11) is 1.39. The van der Waals surface area contributed by atoms with Gasteiger partial charge in [0, 0.05) is 6.42 Å². The fourth-order valence-electron chi connectivity index (χ4n) is 1.36. The number of carbonyl (C=O) groups is 1. The molecule has 1 aromatic rings. The standard InChI is InChI=1S/C12H17NO3/c1-3-16-11-8-9(4-6-10(11)13)5-7-12(14)15-2/h4,6,8H,3,5,7,13H2,1-2H3. The maximum absolute atomic E-state index is 11.0. The van der Waals surface area contributed by atoms with E-state index < -0.39 is 0 Å². The minimum atomic E-state index is -0.213. The number of anilines is 1. The molecule has 0 aliphatic heterocycles. The van der Waals surface area contributed by atoms with Gasteiger partial charge in [-0.2, -0.15) is 0 Å². The van der Waals surface area contributed by atoms with E-state index in [9.17, 15) is 4.79 Å². The average molecular weight is 223 g/mol. The lowest BCUT2D eigenvalue weighted by molar-refractivity contribution is -0.140. The third kappa shape index (κ3) is 3.46. The Bertz CT molecular complexity index is 363. The van der Waals surface area contributed by atoms with E-state index >= 15 is 0 Å². The molecule has 0 saturated heterocycles. The van der Waals surface area contributed by atoms with Gasteiger partial charge in [0.15, 0.2) is 0 Å². The number of methoxy groups -OCH3 is 1. The monoisotopic (exact) mass is 223 g/mol. The number of ether oxygens (including phenoxy) is 2. The first-order chi connectivity index (χ1) is 7.67. The second-order valence-electron chi connectivity index (χ2n) is 3.38. The summed E-state index contributed by atoms with van der Waals surface area (Å²) in [6.45, 7) is 2.48. The SMILES string of the molecule is CCOc1cc(CCC(=O)OC)ccc1N. The highest BCUT2D eigenvalue weighted by Gasteiger charge is 2.05. The minimum absolute atomic E-state index is 0.213. The Labute approximate surface area is 95.3 Å². The molecule has 0 aromatic heterocycles. The third-order valence-electron chi connectivity index (χ3n) is 2.22. The second kappa shape index (κ2) is 6.00. The lowest BCUT2D eigenvalue weighted by Gasteiger charge is -2.08. The quantitative estimate of drug-likeness (QED) is 0.610. The molecule has 0 amide bonds. The van der Waals surface area contributed by atoms with Crippen molar-refractivity contribution in [2.75, 3.05) is 19.5 Å². The van der Waals surface area contributed by atoms with Crippen molar-refractivity contribution in [1.82, 2.24) is 0 Å². The highest BCUT2D eigenvalue weighted by Crippen LogP contribution is 2.23. The zero-order valence-electron chi connectivity index (χ0n) is 9.66. The van der Waals surface area contributed by atoms with Crippen LogP contribution in [0.15, 0.2) is 18.2 Å². The molecule has 1 aromatic carbocycles. The molecule has 4 heteroatoms. The fraction of sp³-hybridized carbons (Fsp3) is 0.417. The van der Waals surface area contributed by atoms with Gasteiger partial charge in [-0.3, -0.25) is 4.79 Å². The summed E-state index contributed by atoms with van der Waals surface area (Å²) in [5.74, 6) is 0.458. The molecular weight excluding hydrogens is 206 g/mol. The maximum atomic E-state index is 11.0. The van der Waals surface area contributed by atoms with Crippen LogP contribution < -0.4 is 10.5 Å². The van der Waals surface area contributed by atoms with E-state index in [2.05, 4.69) is 4.74 Å². The van der Waals surface area contributed by atoms with Gasteiger partial charge in [0.2, 0.25) is 0 Å². The van der Waals surface area contributed by atoms with Crippen molar-refractivity contribution in [3.05, 3.63) is 23.8 Å². The molecular formula is C12H17NO3. The number of carbonyl (C=O) groups excluding carboxylic acids is 1. The van der Waals surface area contributed by atoms with E-state index in [-0.39, 0.29) is 5.97 Å². The lowest BCUT2D eigenvalue weighted by Crippen LogP contribution is -2.03. The number of nitrogens with two attached hydrogens (primary N) is 1. The summed E-state index contributed by atoms with van der Waals surface area (Å²) >= 11 is 0. The van der Waals surface area contributed by atoms with Crippen LogP contribution in [0.4, 0.5) is 5.69 Å². The number of nitrogen functional groups attached to an aromatic ring is 1. The lowest BCUT2D eigenvalue weighted by atomic mass is 10.1. The van der Waals surface area contributed by atoms with Gasteiger partial charge in [0.25, 0.3) is 0 Å². The molecule has 0 bridgehead atoms.